The van der Waals surface area contributed by atoms with Gasteiger partial charge in [0.25, 0.3) is 0 Å². The zero-order chi connectivity index (χ0) is 8.53. The van der Waals surface area contributed by atoms with E-state index in [0.29, 0.717) is 6.04 Å². The second-order valence-corrected chi connectivity index (χ2v) is 3.01. The molecule has 1 unspecified atom stereocenters. The highest BCUT2D eigenvalue weighted by Crippen LogP contribution is 1.90. The topological polar surface area (TPSA) is 64.1 Å². The maximum atomic E-state index is 5.59. The Morgan fingerprint density at radius 3 is 2.00 bits per heavy atom. The molecule has 0 fully saturated rings. The summed E-state index contributed by atoms with van der Waals surface area (Å²) in [5.74, 6) is 0. The summed E-state index contributed by atoms with van der Waals surface area (Å²) in [6, 6.07) is 0.339. The zero-order valence-corrected chi connectivity index (χ0v) is 11.1. The van der Waals surface area contributed by atoms with Crippen LogP contribution in [-0.4, -0.2) is 25.7 Å². The Morgan fingerprint density at radius 2 is 1.57 bits per heavy atom. The fourth-order valence-corrected chi connectivity index (χ4v) is 0.901. The molecule has 0 heterocycles. The summed E-state index contributed by atoms with van der Waals surface area (Å²) in [4.78, 5) is 0. The van der Waals surface area contributed by atoms with Gasteiger partial charge in [0.05, 0.1) is 0 Å². The van der Waals surface area contributed by atoms with Crippen molar-refractivity contribution in [3.63, 3.8) is 0 Å². The van der Waals surface area contributed by atoms with Crippen LogP contribution in [0.4, 0.5) is 0 Å². The Hall–Kier alpha value is 0.750. The minimum absolute atomic E-state index is 0. The second kappa shape index (κ2) is 19.3. The van der Waals surface area contributed by atoms with Crippen molar-refractivity contribution in [2.75, 3.05) is 19.6 Å². The van der Waals surface area contributed by atoms with Gasteiger partial charge in [0.1, 0.15) is 0 Å². The van der Waals surface area contributed by atoms with Gasteiger partial charge in [0.15, 0.2) is 0 Å². The molecule has 14 heavy (non-hydrogen) atoms. The van der Waals surface area contributed by atoms with Crippen LogP contribution in [0.5, 0.6) is 0 Å². The van der Waals surface area contributed by atoms with Crippen molar-refractivity contribution in [2.24, 2.45) is 11.5 Å². The van der Waals surface area contributed by atoms with Gasteiger partial charge in [-0.15, -0.1) is 37.2 Å². The summed E-state index contributed by atoms with van der Waals surface area (Å²) in [6.07, 6.45) is 3.34. The SMILES string of the molecule is CC(N)CCCNCCCN.Cl.Cl.Cl. The predicted molar refractivity (Wildman–Crippen MR) is 71.2 cm³/mol. The van der Waals surface area contributed by atoms with E-state index in [0.717, 1.165) is 32.5 Å². The van der Waals surface area contributed by atoms with Crippen LogP contribution in [0.2, 0.25) is 0 Å². The highest BCUT2D eigenvalue weighted by Gasteiger charge is 1.92. The van der Waals surface area contributed by atoms with Crippen molar-refractivity contribution in [1.29, 1.82) is 0 Å². The van der Waals surface area contributed by atoms with E-state index in [-0.39, 0.29) is 37.2 Å². The average Bonchev–Trinajstić information content (AvgIpc) is 1.96. The van der Waals surface area contributed by atoms with E-state index in [2.05, 4.69) is 5.32 Å². The normalized spacial score (nSPS) is 10.5. The summed E-state index contributed by atoms with van der Waals surface area (Å²) >= 11 is 0. The zero-order valence-electron chi connectivity index (χ0n) is 8.70. The van der Waals surface area contributed by atoms with Gasteiger partial charge >= 0.3 is 0 Å². The standard InChI is InChI=1S/C8H21N3.3ClH/c1-8(10)4-2-6-11-7-3-5-9;;;/h8,11H,2-7,9-10H2,1H3;3*1H. The number of hydrogen-bond acceptors (Lipinski definition) is 3. The quantitative estimate of drug-likeness (QED) is 0.610. The van der Waals surface area contributed by atoms with Gasteiger partial charge < -0.3 is 16.8 Å². The molecule has 92 valence electrons. The maximum absolute atomic E-state index is 5.59. The first-order chi connectivity index (χ1) is 5.27. The van der Waals surface area contributed by atoms with Crippen LogP contribution in [0.3, 0.4) is 0 Å². The first-order valence-corrected chi connectivity index (χ1v) is 4.43. The van der Waals surface area contributed by atoms with Crippen LogP contribution in [0.25, 0.3) is 0 Å². The summed E-state index contributed by atoms with van der Waals surface area (Å²) in [7, 11) is 0. The van der Waals surface area contributed by atoms with Crippen LogP contribution in [-0.2, 0) is 0 Å². The van der Waals surface area contributed by atoms with E-state index in [4.69, 9.17) is 11.5 Å². The van der Waals surface area contributed by atoms with E-state index in [9.17, 15) is 0 Å². The second-order valence-electron chi connectivity index (χ2n) is 3.01. The molecule has 0 aromatic heterocycles. The van der Waals surface area contributed by atoms with Crippen molar-refractivity contribution in [2.45, 2.75) is 32.2 Å². The lowest BCUT2D eigenvalue weighted by molar-refractivity contribution is 0.568. The van der Waals surface area contributed by atoms with Gasteiger partial charge in [-0.05, 0) is 45.8 Å². The molecule has 1 atom stereocenters. The van der Waals surface area contributed by atoms with Gasteiger partial charge in [-0.3, -0.25) is 0 Å². The lowest BCUT2D eigenvalue weighted by Gasteiger charge is -2.05. The third kappa shape index (κ3) is 23.0. The maximum Gasteiger partial charge on any atom is 0.00109 e. The Balaban J connectivity index is -0.000000167. The lowest BCUT2D eigenvalue weighted by Crippen LogP contribution is -2.22. The van der Waals surface area contributed by atoms with Gasteiger partial charge in [0.2, 0.25) is 0 Å². The molecule has 0 spiro atoms. The van der Waals surface area contributed by atoms with Crippen LogP contribution in [0, 0.1) is 0 Å². The molecule has 6 heteroatoms. The molecule has 0 saturated heterocycles. The van der Waals surface area contributed by atoms with Crippen molar-refractivity contribution in [1.82, 2.24) is 5.32 Å². The summed E-state index contributed by atoms with van der Waals surface area (Å²) < 4.78 is 0. The van der Waals surface area contributed by atoms with Crippen LogP contribution in [0.15, 0.2) is 0 Å². The van der Waals surface area contributed by atoms with Gasteiger partial charge in [0, 0.05) is 6.04 Å². The monoisotopic (exact) mass is 267 g/mol. The minimum atomic E-state index is 0. The fraction of sp³-hybridized carbons (Fsp3) is 1.00. The summed E-state index contributed by atoms with van der Waals surface area (Å²) in [6.45, 7) is 4.93. The van der Waals surface area contributed by atoms with E-state index < -0.39 is 0 Å². The molecule has 0 bridgehead atoms. The highest BCUT2D eigenvalue weighted by molar-refractivity contribution is 5.86. The van der Waals surface area contributed by atoms with Crippen molar-refractivity contribution < 1.29 is 0 Å². The molecule has 5 N–H and O–H groups in total. The molecule has 0 aromatic rings. The molecule has 0 amide bonds. The van der Waals surface area contributed by atoms with Crippen LogP contribution < -0.4 is 16.8 Å². The number of nitrogens with two attached hydrogens (primary N) is 2. The van der Waals surface area contributed by atoms with Crippen LogP contribution in [0.1, 0.15) is 26.2 Å². The summed E-state index contributed by atoms with van der Waals surface area (Å²) in [5.41, 5.74) is 10.9. The lowest BCUT2D eigenvalue weighted by atomic mass is 10.2. The van der Waals surface area contributed by atoms with Gasteiger partial charge in [-0.1, -0.05) is 0 Å². The molecule has 3 nitrogen and oxygen atoms in total. The van der Waals surface area contributed by atoms with E-state index in [1.807, 2.05) is 6.92 Å². The molecule has 0 aliphatic carbocycles. The molecule has 0 rings (SSSR count). The fourth-order valence-electron chi connectivity index (χ4n) is 0.901. The molecule has 0 aliphatic heterocycles. The van der Waals surface area contributed by atoms with E-state index >= 15 is 0 Å². The molecule has 0 saturated carbocycles. The van der Waals surface area contributed by atoms with E-state index in [1.165, 1.54) is 6.42 Å². The van der Waals surface area contributed by atoms with Crippen LogP contribution >= 0.6 is 37.2 Å². The number of hydrogen-bond donors (Lipinski definition) is 3. The third-order valence-electron chi connectivity index (χ3n) is 1.57. The van der Waals surface area contributed by atoms with Gasteiger partial charge in [-0.25, -0.2) is 0 Å². The first-order valence-electron chi connectivity index (χ1n) is 4.43. The molecule has 0 aromatic carbocycles. The largest absolute Gasteiger partial charge is 0.330 e. The smallest absolute Gasteiger partial charge is 0.00109 e. The minimum Gasteiger partial charge on any atom is -0.330 e. The molecular weight excluding hydrogens is 244 g/mol. The molecule has 0 aliphatic rings. The van der Waals surface area contributed by atoms with Gasteiger partial charge in [-0.2, -0.15) is 0 Å². The molecular formula is C8H24Cl3N3. The van der Waals surface area contributed by atoms with E-state index in [1.54, 1.807) is 0 Å². The Morgan fingerprint density at radius 1 is 1.07 bits per heavy atom. The number of nitrogens with one attached hydrogen (secondary N) is 1. The Labute approximate surface area is 106 Å². The third-order valence-corrected chi connectivity index (χ3v) is 1.57. The van der Waals surface area contributed by atoms with Crippen molar-refractivity contribution >= 4 is 37.2 Å². The molecule has 0 radical (unpaired) electrons. The average molecular weight is 269 g/mol. The number of halogens is 3. The Kier molecular flexibility index (Phi) is 33.3. The highest BCUT2D eigenvalue weighted by atomic mass is 35.5. The van der Waals surface area contributed by atoms with Crippen molar-refractivity contribution in [3.05, 3.63) is 0 Å². The number of rotatable bonds is 7. The Bertz CT molecular complexity index is 84.2. The summed E-state index contributed by atoms with van der Waals surface area (Å²) in [5, 5.41) is 3.31. The predicted octanol–water partition coefficient (Wildman–Crippen LogP) is 1.32. The first kappa shape index (κ1) is 24.1. The van der Waals surface area contributed by atoms with Crippen molar-refractivity contribution in [3.8, 4) is 0 Å².